The van der Waals surface area contributed by atoms with Crippen molar-refractivity contribution in [2.24, 2.45) is 5.73 Å². The van der Waals surface area contributed by atoms with Gasteiger partial charge in [-0.05, 0) is 30.2 Å². The second-order valence-electron chi connectivity index (χ2n) is 5.17. The normalized spacial score (nSPS) is 12.9. The molecule has 1 amide bonds. The molecule has 5 nitrogen and oxygen atoms in total. The van der Waals surface area contributed by atoms with Gasteiger partial charge in [0.05, 0.1) is 17.7 Å². The van der Waals surface area contributed by atoms with Crippen molar-refractivity contribution in [3.05, 3.63) is 47.0 Å². The molecule has 108 valence electrons. The highest BCUT2D eigenvalue weighted by atomic mass is 16.3. The monoisotopic (exact) mass is 284 g/mol. The fourth-order valence-electron chi connectivity index (χ4n) is 2.72. The lowest BCUT2D eigenvalue weighted by atomic mass is 10.0. The Kier molecular flexibility index (Phi) is 3.16. The Hall–Kier alpha value is -2.37. The number of aliphatic hydroxyl groups excluding tert-OH is 2. The van der Waals surface area contributed by atoms with Gasteiger partial charge in [0, 0.05) is 16.3 Å². The van der Waals surface area contributed by atoms with E-state index in [1.165, 1.54) is 0 Å². The van der Waals surface area contributed by atoms with Crippen LogP contribution in [0.3, 0.4) is 0 Å². The van der Waals surface area contributed by atoms with Crippen LogP contribution in [0.25, 0.3) is 21.8 Å². The van der Waals surface area contributed by atoms with E-state index < -0.39 is 12.0 Å². The van der Waals surface area contributed by atoms with Gasteiger partial charge < -0.3 is 20.9 Å². The number of benzene rings is 2. The van der Waals surface area contributed by atoms with Crippen molar-refractivity contribution in [1.82, 2.24) is 4.98 Å². The van der Waals surface area contributed by atoms with Crippen LogP contribution in [-0.2, 0) is 0 Å². The smallest absolute Gasteiger partial charge is 0.250 e. The van der Waals surface area contributed by atoms with Crippen LogP contribution >= 0.6 is 0 Å². The van der Waals surface area contributed by atoms with Gasteiger partial charge in [-0.2, -0.15) is 0 Å². The summed E-state index contributed by atoms with van der Waals surface area (Å²) in [6.07, 6.45) is -0.919. The van der Waals surface area contributed by atoms with Gasteiger partial charge in [0.15, 0.2) is 0 Å². The maximum atomic E-state index is 11.6. The minimum Gasteiger partial charge on any atom is -0.393 e. The van der Waals surface area contributed by atoms with Gasteiger partial charge in [-0.15, -0.1) is 0 Å². The number of aromatic nitrogens is 1. The van der Waals surface area contributed by atoms with Gasteiger partial charge in [-0.1, -0.05) is 18.2 Å². The van der Waals surface area contributed by atoms with Crippen LogP contribution in [0.1, 0.15) is 27.6 Å². The fourth-order valence-corrected chi connectivity index (χ4v) is 2.72. The molecule has 5 heteroatoms. The number of hydrogen-bond donors (Lipinski definition) is 4. The van der Waals surface area contributed by atoms with E-state index >= 15 is 0 Å². The summed E-state index contributed by atoms with van der Waals surface area (Å²) in [5, 5.41) is 20.7. The zero-order valence-electron chi connectivity index (χ0n) is 11.6. The lowest BCUT2D eigenvalue weighted by Gasteiger charge is -2.07. The first-order valence-electron chi connectivity index (χ1n) is 6.66. The summed E-state index contributed by atoms with van der Waals surface area (Å²) in [4.78, 5) is 14.7. The van der Waals surface area contributed by atoms with E-state index in [2.05, 4.69) is 4.98 Å². The van der Waals surface area contributed by atoms with E-state index in [9.17, 15) is 9.90 Å². The molecular formula is C16H16N2O3. The molecule has 1 heterocycles. The average Bonchev–Trinajstić information content (AvgIpc) is 2.85. The van der Waals surface area contributed by atoms with Gasteiger partial charge in [0.2, 0.25) is 0 Å². The summed E-state index contributed by atoms with van der Waals surface area (Å²) < 4.78 is 0. The molecule has 0 saturated heterocycles. The highest BCUT2D eigenvalue weighted by Gasteiger charge is 2.15. The number of hydrogen-bond acceptors (Lipinski definition) is 3. The van der Waals surface area contributed by atoms with Crippen LogP contribution < -0.4 is 5.73 Å². The maximum Gasteiger partial charge on any atom is 0.250 e. The van der Waals surface area contributed by atoms with Gasteiger partial charge in [-0.3, -0.25) is 4.79 Å². The number of aliphatic hydroxyl groups is 2. The van der Waals surface area contributed by atoms with Crippen LogP contribution in [0.15, 0.2) is 30.3 Å². The fraction of sp³-hybridized carbons (Fsp3) is 0.188. The number of carbonyl (C=O) groups is 1. The molecule has 0 radical (unpaired) electrons. The van der Waals surface area contributed by atoms with E-state index in [0.29, 0.717) is 16.6 Å². The SMILES string of the molecule is Cc1ccc(C(N)=O)c2[nH]c3cc(C(O)CO)ccc3c12. The molecule has 0 spiro atoms. The van der Waals surface area contributed by atoms with Gasteiger partial charge in [0.1, 0.15) is 6.10 Å². The van der Waals surface area contributed by atoms with Crippen molar-refractivity contribution < 1.29 is 15.0 Å². The van der Waals surface area contributed by atoms with Crippen molar-refractivity contribution in [2.75, 3.05) is 6.61 Å². The molecule has 1 aromatic heterocycles. The number of primary amides is 1. The molecule has 0 aliphatic rings. The van der Waals surface area contributed by atoms with Crippen molar-refractivity contribution in [1.29, 1.82) is 0 Å². The van der Waals surface area contributed by atoms with Crippen molar-refractivity contribution in [2.45, 2.75) is 13.0 Å². The standard InChI is InChI=1S/C16H16N2O3/c1-8-2-4-11(16(17)21)15-14(8)10-5-3-9(13(20)7-19)6-12(10)18-15/h2-6,13,18-20H,7H2,1H3,(H2,17,21). The third-order valence-electron chi connectivity index (χ3n) is 3.81. The summed E-state index contributed by atoms with van der Waals surface area (Å²) in [5.41, 5.74) is 9.02. The molecule has 3 aromatic rings. The van der Waals surface area contributed by atoms with Crippen LogP contribution in [0.4, 0.5) is 0 Å². The summed E-state index contributed by atoms with van der Waals surface area (Å²) in [6.45, 7) is 1.63. The number of carbonyl (C=O) groups excluding carboxylic acids is 1. The number of nitrogens with two attached hydrogens (primary N) is 1. The average molecular weight is 284 g/mol. The minimum absolute atomic E-state index is 0.336. The number of fused-ring (bicyclic) bond motifs is 3. The number of aryl methyl sites for hydroxylation is 1. The molecular weight excluding hydrogens is 268 g/mol. The van der Waals surface area contributed by atoms with Gasteiger partial charge in [-0.25, -0.2) is 0 Å². The van der Waals surface area contributed by atoms with Crippen LogP contribution in [0, 0.1) is 6.92 Å². The Balaban J connectivity index is 2.36. The zero-order chi connectivity index (χ0) is 15.1. The predicted molar refractivity (Wildman–Crippen MR) is 81.1 cm³/mol. The number of aromatic amines is 1. The first kappa shape index (κ1) is 13.6. The van der Waals surface area contributed by atoms with Crippen molar-refractivity contribution in [3.8, 4) is 0 Å². The van der Waals surface area contributed by atoms with Crippen molar-refractivity contribution in [3.63, 3.8) is 0 Å². The summed E-state index contributed by atoms with van der Waals surface area (Å²) >= 11 is 0. The van der Waals surface area contributed by atoms with Crippen LogP contribution in [-0.4, -0.2) is 27.7 Å². The van der Waals surface area contributed by atoms with Gasteiger partial charge in [0.25, 0.3) is 5.91 Å². The molecule has 21 heavy (non-hydrogen) atoms. The Labute approximate surface area is 121 Å². The van der Waals surface area contributed by atoms with E-state index in [-0.39, 0.29) is 6.61 Å². The second kappa shape index (κ2) is 4.87. The summed E-state index contributed by atoms with van der Waals surface area (Å²) in [7, 11) is 0. The van der Waals surface area contributed by atoms with E-state index in [4.69, 9.17) is 10.8 Å². The molecule has 5 N–H and O–H groups in total. The molecule has 0 bridgehead atoms. The Morgan fingerprint density at radius 2 is 2.10 bits per heavy atom. The summed E-state index contributed by atoms with van der Waals surface area (Å²) in [5.74, 6) is -0.484. The molecule has 1 unspecified atom stereocenters. The summed E-state index contributed by atoms with van der Waals surface area (Å²) in [6, 6.07) is 9.00. The molecule has 2 aromatic carbocycles. The first-order valence-corrected chi connectivity index (χ1v) is 6.66. The Morgan fingerprint density at radius 3 is 2.76 bits per heavy atom. The minimum atomic E-state index is -0.919. The quantitative estimate of drug-likeness (QED) is 0.589. The van der Waals surface area contributed by atoms with Crippen LogP contribution in [0.2, 0.25) is 0 Å². The Morgan fingerprint density at radius 1 is 1.33 bits per heavy atom. The van der Waals surface area contributed by atoms with E-state index in [1.54, 1.807) is 18.2 Å². The number of nitrogens with one attached hydrogen (secondary N) is 1. The lowest BCUT2D eigenvalue weighted by Crippen LogP contribution is -2.11. The van der Waals surface area contributed by atoms with E-state index in [0.717, 1.165) is 21.9 Å². The first-order chi connectivity index (χ1) is 10.0. The molecule has 0 fully saturated rings. The molecule has 0 aliphatic carbocycles. The van der Waals surface area contributed by atoms with Gasteiger partial charge >= 0.3 is 0 Å². The number of rotatable bonds is 3. The van der Waals surface area contributed by atoms with Crippen LogP contribution in [0.5, 0.6) is 0 Å². The van der Waals surface area contributed by atoms with Crippen molar-refractivity contribution >= 4 is 27.7 Å². The zero-order valence-corrected chi connectivity index (χ0v) is 11.6. The molecule has 1 atom stereocenters. The highest BCUT2D eigenvalue weighted by molar-refractivity contribution is 6.15. The highest BCUT2D eigenvalue weighted by Crippen LogP contribution is 2.31. The number of H-pyrrole nitrogens is 1. The molecule has 3 rings (SSSR count). The lowest BCUT2D eigenvalue weighted by molar-refractivity contribution is 0.0957. The number of amides is 1. The third kappa shape index (κ3) is 2.07. The largest absolute Gasteiger partial charge is 0.393 e. The molecule has 0 saturated carbocycles. The second-order valence-corrected chi connectivity index (χ2v) is 5.17. The Bertz CT molecular complexity index is 851. The predicted octanol–water partition coefficient (Wildman–Crippen LogP) is 1.75. The molecule has 0 aliphatic heterocycles. The topological polar surface area (TPSA) is 99.3 Å². The maximum absolute atomic E-state index is 11.6. The third-order valence-corrected chi connectivity index (χ3v) is 3.81. The van der Waals surface area contributed by atoms with E-state index in [1.807, 2.05) is 19.1 Å².